The van der Waals surface area contributed by atoms with Crippen LogP contribution in [0.15, 0.2) is 34.5 Å². The van der Waals surface area contributed by atoms with Crippen LogP contribution in [0.5, 0.6) is 0 Å². The predicted molar refractivity (Wildman–Crippen MR) is 109 cm³/mol. The van der Waals surface area contributed by atoms with Gasteiger partial charge in [0.05, 0.1) is 19.6 Å². The van der Waals surface area contributed by atoms with Crippen LogP contribution in [0.4, 0.5) is 0 Å². The summed E-state index contributed by atoms with van der Waals surface area (Å²) in [5.74, 6) is -0.845. The van der Waals surface area contributed by atoms with Gasteiger partial charge in [-0.2, -0.15) is 4.31 Å². The number of benzene rings is 1. The SMILES string of the molecule is Cc1ccc(C(=O)COC(=O)Cc2ccc(S(=O)(=O)N3CCOCC3)s2)cc1C. The van der Waals surface area contributed by atoms with Gasteiger partial charge in [-0.3, -0.25) is 9.59 Å². The first-order valence-electron chi connectivity index (χ1n) is 9.20. The average molecular weight is 438 g/mol. The second-order valence-corrected chi connectivity index (χ2v) is 10.1. The molecule has 0 bridgehead atoms. The molecule has 9 heteroatoms. The fraction of sp³-hybridized carbons (Fsp3) is 0.400. The van der Waals surface area contributed by atoms with Gasteiger partial charge in [0.2, 0.25) is 0 Å². The van der Waals surface area contributed by atoms with Crippen LogP contribution in [-0.4, -0.2) is 57.4 Å². The number of morpholine rings is 1. The lowest BCUT2D eigenvalue weighted by Gasteiger charge is -2.25. The third kappa shape index (κ3) is 5.30. The topological polar surface area (TPSA) is 90.0 Å². The molecule has 2 aromatic rings. The quantitative estimate of drug-likeness (QED) is 0.488. The van der Waals surface area contributed by atoms with E-state index in [0.717, 1.165) is 22.5 Å². The van der Waals surface area contributed by atoms with Crippen LogP contribution in [0.3, 0.4) is 0 Å². The Morgan fingerprint density at radius 1 is 1.10 bits per heavy atom. The molecule has 0 unspecified atom stereocenters. The van der Waals surface area contributed by atoms with Crippen molar-refractivity contribution in [2.75, 3.05) is 32.9 Å². The number of rotatable bonds is 7. The van der Waals surface area contributed by atoms with Gasteiger partial charge >= 0.3 is 5.97 Å². The van der Waals surface area contributed by atoms with E-state index in [-0.39, 0.29) is 23.0 Å². The molecule has 0 saturated carbocycles. The first-order chi connectivity index (χ1) is 13.8. The van der Waals surface area contributed by atoms with Gasteiger partial charge in [-0.05, 0) is 43.2 Å². The van der Waals surface area contributed by atoms with E-state index in [4.69, 9.17) is 9.47 Å². The van der Waals surface area contributed by atoms with Crippen molar-refractivity contribution in [2.45, 2.75) is 24.5 Å². The molecule has 1 aliphatic heterocycles. The maximum absolute atomic E-state index is 12.6. The first kappa shape index (κ1) is 21.6. The fourth-order valence-corrected chi connectivity index (χ4v) is 5.75. The Hall–Kier alpha value is -2.07. The van der Waals surface area contributed by atoms with Gasteiger partial charge in [0.15, 0.2) is 12.4 Å². The van der Waals surface area contributed by atoms with Crippen molar-refractivity contribution >= 4 is 33.1 Å². The van der Waals surface area contributed by atoms with Crippen molar-refractivity contribution in [1.82, 2.24) is 4.31 Å². The van der Waals surface area contributed by atoms with Crippen LogP contribution < -0.4 is 0 Å². The summed E-state index contributed by atoms with van der Waals surface area (Å²) in [6, 6.07) is 8.43. The van der Waals surface area contributed by atoms with Gasteiger partial charge in [-0.25, -0.2) is 8.42 Å². The molecule has 0 spiro atoms. The molecule has 2 heterocycles. The molecule has 156 valence electrons. The smallest absolute Gasteiger partial charge is 0.311 e. The van der Waals surface area contributed by atoms with E-state index in [1.54, 1.807) is 18.2 Å². The second-order valence-electron chi connectivity index (χ2n) is 6.80. The summed E-state index contributed by atoms with van der Waals surface area (Å²) < 4.78 is 37.1. The molecule has 1 aliphatic rings. The van der Waals surface area contributed by atoms with Crippen molar-refractivity contribution in [3.63, 3.8) is 0 Å². The molecule has 29 heavy (non-hydrogen) atoms. The normalized spacial score (nSPS) is 15.2. The molecule has 1 aromatic carbocycles. The summed E-state index contributed by atoms with van der Waals surface area (Å²) in [7, 11) is -3.58. The van der Waals surface area contributed by atoms with Crippen LogP contribution in [0.1, 0.15) is 26.4 Å². The van der Waals surface area contributed by atoms with E-state index in [0.29, 0.717) is 36.7 Å². The third-order valence-corrected chi connectivity index (χ3v) is 8.16. The van der Waals surface area contributed by atoms with Crippen LogP contribution in [0.2, 0.25) is 0 Å². The minimum Gasteiger partial charge on any atom is -0.457 e. The van der Waals surface area contributed by atoms with E-state index < -0.39 is 16.0 Å². The number of carbonyl (C=O) groups excluding carboxylic acids is 2. The number of nitrogens with zero attached hydrogens (tertiary/aromatic N) is 1. The number of aryl methyl sites for hydroxylation is 2. The lowest BCUT2D eigenvalue weighted by molar-refractivity contribution is -0.141. The van der Waals surface area contributed by atoms with Crippen molar-refractivity contribution in [1.29, 1.82) is 0 Å². The van der Waals surface area contributed by atoms with Gasteiger partial charge in [-0.1, -0.05) is 12.1 Å². The Balaban J connectivity index is 1.56. The molecule has 0 amide bonds. The molecule has 3 rings (SSSR count). The number of ether oxygens (including phenoxy) is 2. The van der Waals surface area contributed by atoms with Gasteiger partial charge in [-0.15, -0.1) is 11.3 Å². The largest absolute Gasteiger partial charge is 0.457 e. The number of ketones is 1. The van der Waals surface area contributed by atoms with Crippen molar-refractivity contribution in [2.24, 2.45) is 0 Å². The standard InChI is InChI=1S/C20H23NO6S2/c1-14-3-4-16(11-15(14)2)18(22)13-27-19(23)12-17-5-6-20(28-17)29(24,25)21-7-9-26-10-8-21/h3-6,11H,7-10,12-13H2,1-2H3. The summed E-state index contributed by atoms with van der Waals surface area (Å²) in [5, 5.41) is 0. The Morgan fingerprint density at radius 2 is 1.83 bits per heavy atom. The highest BCUT2D eigenvalue weighted by Crippen LogP contribution is 2.26. The van der Waals surface area contributed by atoms with Gasteiger partial charge in [0, 0.05) is 23.5 Å². The third-order valence-electron chi connectivity index (χ3n) is 4.71. The van der Waals surface area contributed by atoms with Crippen LogP contribution >= 0.6 is 11.3 Å². The first-order valence-corrected chi connectivity index (χ1v) is 11.5. The number of esters is 1. The lowest BCUT2D eigenvalue weighted by Crippen LogP contribution is -2.40. The monoisotopic (exact) mass is 437 g/mol. The minimum atomic E-state index is -3.58. The Morgan fingerprint density at radius 3 is 2.52 bits per heavy atom. The molecule has 0 N–H and O–H groups in total. The lowest BCUT2D eigenvalue weighted by atomic mass is 10.0. The Bertz CT molecular complexity index is 1010. The van der Waals surface area contributed by atoms with Crippen molar-refractivity contribution < 1.29 is 27.5 Å². The van der Waals surface area contributed by atoms with Crippen LogP contribution in [0.25, 0.3) is 0 Å². The van der Waals surface area contributed by atoms with E-state index in [9.17, 15) is 18.0 Å². The van der Waals surface area contributed by atoms with Crippen LogP contribution in [0, 0.1) is 13.8 Å². The maximum atomic E-state index is 12.6. The van der Waals surface area contributed by atoms with Crippen LogP contribution in [-0.2, 0) is 30.7 Å². The van der Waals surface area contributed by atoms with Crippen molar-refractivity contribution in [3.05, 3.63) is 51.9 Å². The zero-order valence-electron chi connectivity index (χ0n) is 16.3. The summed E-state index contributed by atoms with van der Waals surface area (Å²) in [6.07, 6.45) is -0.0799. The molecule has 1 saturated heterocycles. The average Bonchev–Trinajstić information content (AvgIpc) is 3.18. The summed E-state index contributed by atoms with van der Waals surface area (Å²) in [5.41, 5.74) is 2.57. The molecule has 0 atom stereocenters. The summed E-state index contributed by atoms with van der Waals surface area (Å²) >= 11 is 1.04. The number of hydrogen-bond acceptors (Lipinski definition) is 7. The molecule has 1 fully saturated rings. The maximum Gasteiger partial charge on any atom is 0.311 e. The molecule has 7 nitrogen and oxygen atoms in total. The van der Waals surface area contributed by atoms with E-state index in [1.165, 1.54) is 10.4 Å². The number of carbonyl (C=O) groups is 2. The highest BCUT2D eigenvalue weighted by Gasteiger charge is 2.28. The zero-order valence-corrected chi connectivity index (χ0v) is 18.0. The zero-order chi connectivity index (χ0) is 21.0. The van der Waals surface area contributed by atoms with E-state index >= 15 is 0 Å². The van der Waals surface area contributed by atoms with E-state index in [1.807, 2.05) is 19.9 Å². The Labute approximate surface area is 174 Å². The number of Topliss-reactive ketones (excluding diaryl/α,β-unsaturated/α-hetero) is 1. The van der Waals surface area contributed by atoms with Crippen molar-refractivity contribution in [3.8, 4) is 0 Å². The predicted octanol–water partition coefficient (Wildman–Crippen LogP) is 2.35. The molecule has 0 radical (unpaired) electrons. The summed E-state index contributed by atoms with van der Waals surface area (Å²) in [6.45, 7) is 4.91. The molecular weight excluding hydrogens is 414 g/mol. The Kier molecular flexibility index (Phi) is 6.84. The molecule has 0 aliphatic carbocycles. The number of hydrogen-bond donors (Lipinski definition) is 0. The highest BCUT2D eigenvalue weighted by molar-refractivity contribution is 7.91. The second kappa shape index (κ2) is 9.17. The van der Waals surface area contributed by atoms with Gasteiger partial charge in [0.25, 0.3) is 10.0 Å². The number of thiophene rings is 1. The van der Waals surface area contributed by atoms with E-state index in [2.05, 4.69) is 0 Å². The fourth-order valence-electron chi connectivity index (χ4n) is 2.84. The van der Waals surface area contributed by atoms with Gasteiger partial charge in [0.1, 0.15) is 4.21 Å². The molecular formula is C20H23NO6S2. The number of sulfonamides is 1. The summed E-state index contributed by atoms with van der Waals surface area (Å²) in [4.78, 5) is 24.9. The van der Waals surface area contributed by atoms with Gasteiger partial charge < -0.3 is 9.47 Å². The molecule has 1 aromatic heterocycles. The highest BCUT2D eigenvalue weighted by atomic mass is 32.2. The minimum absolute atomic E-state index is 0.0799.